The molecule has 1 aliphatic carbocycles. The van der Waals surface area contributed by atoms with Crippen molar-refractivity contribution < 1.29 is 9.21 Å². The Bertz CT molecular complexity index is 755. The van der Waals surface area contributed by atoms with E-state index in [1.54, 1.807) is 17.8 Å². The van der Waals surface area contributed by atoms with Crippen molar-refractivity contribution in [3.63, 3.8) is 0 Å². The van der Waals surface area contributed by atoms with E-state index in [-0.39, 0.29) is 5.57 Å². The first-order chi connectivity index (χ1) is 11.7. The van der Waals surface area contributed by atoms with Crippen molar-refractivity contribution in [2.24, 2.45) is 0 Å². The number of hydrogen-bond acceptors (Lipinski definition) is 7. The average molecular weight is 360 g/mol. The van der Waals surface area contributed by atoms with Gasteiger partial charge in [0.25, 0.3) is 5.91 Å². The van der Waals surface area contributed by atoms with E-state index in [1.807, 2.05) is 12.1 Å². The third-order valence-corrected chi connectivity index (χ3v) is 5.53. The SMILES string of the molecule is N#C/C(=C/c1ccc(SC2CCCCC2)o1)C(=O)Nc1nncs1. The number of anilines is 1. The lowest BCUT2D eigenvalue weighted by atomic mass is 10.0. The average Bonchev–Trinajstić information content (AvgIpc) is 3.25. The van der Waals surface area contributed by atoms with Crippen molar-refractivity contribution in [2.75, 3.05) is 5.32 Å². The maximum atomic E-state index is 12.1. The summed E-state index contributed by atoms with van der Waals surface area (Å²) in [4.78, 5) is 12.1. The Balaban J connectivity index is 1.65. The summed E-state index contributed by atoms with van der Waals surface area (Å²) in [5, 5.41) is 20.9. The molecule has 0 aliphatic heterocycles. The third kappa shape index (κ3) is 4.46. The highest BCUT2D eigenvalue weighted by Crippen LogP contribution is 2.34. The van der Waals surface area contributed by atoms with Gasteiger partial charge in [0.1, 0.15) is 22.9 Å². The lowest BCUT2D eigenvalue weighted by Gasteiger charge is -2.19. The Morgan fingerprint density at radius 2 is 2.25 bits per heavy atom. The fourth-order valence-electron chi connectivity index (χ4n) is 2.51. The highest BCUT2D eigenvalue weighted by atomic mass is 32.2. The van der Waals surface area contributed by atoms with Crippen molar-refractivity contribution in [3.8, 4) is 6.07 Å². The summed E-state index contributed by atoms with van der Waals surface area (Å²) in [6.07, 6.45) is 7.74. The lowest BCUT2D eigenvalue weighted by Crippen LogP contribution is -2.13. The zero-order valence-electron chi connectivity index (χ0n) is 12.9. The fraction of sp³-hybridized carbons (Fsp3) is 0.375. The molecule has 8 heteroatoms. The van der Waals surface area contributed by atoms with Crippen molar-refractivity contribution >= 4 is 40.2 Å². The van der Waals surface area contributed by atoms with Crippen LogP contribution in [0, 0.1) is 11.3 Å². The van der Waals surface area contributed by atoms with Gasteiger partial charge in [0.05, 0.1) is 0 Å². The maximum absolute atomic E-state index is 12.1. The monoisotopic (exact) mass is 360 g/mol. The summed E-state index contributed by atoms with van der Waals surface area (Å²) < 4.78 is 5.73. The third-order valence-electron chi connectivity index (χ3n) is 3.67. The summed E-state index contributed by atoms with van der Waals surface area (Å²) in [6, 6.07) is 5.56. The number of carbonyl (C=O) groups is 1. The minimum Gasteiger partial charge on any atom is -0.450 e. The quantitative estimate of drug-likeness (QED) is 0.637. The maximum Gasteiger partial charge on any atom is 0.268 e. The predicted octanol–water partition coefficient (Wildman–Crippen LogP) is 4.10. The molecule has 0 bridgehead atoms. The molecule has 2 aromatic heterocycles. The van der Waals surface area contributed by atoms with E-state index in [4.69, 9.17) is 4.42 Å². The number of furan rings is 1. The van der Waals surface area contributed by atoms with E-state index in [2.05, 4.69) is 15.5 Å². The Kier molecular flexibility index (Phi) is 5.67. The molecule has 2 heterocycles. The highest BCUT2D eigenvalue weighted by Gasteiger charge is 2.17. The Morgan fingerprint density at radius 3 is 2.96 bits per heavy atom. The first-order valence-electron chi connectivity index (χ1n) is 7.70. The zero-order valence-corrected chi connectivity index (χ0v) is 14.5. The van der Waals surface area contributed by atoms with Crippen LogP contribution in [-0.4, -0.2) is 21.4 Å². The van der Waals surface area contributed by atoms with E-state index in [1.165, 1.54) is 55.0 Å². The molecule has 0 aromatic carbocycles. The van der Waals surface area contributed by atoms with Gasteiger partial charge in [0.2, 0.25) is 5.13 Å². The van der Waals surface area contributed by atoms with Gasteiger partial charge in [0, 0.05) is 11.3 Å². The molecule has 0 spiro atoms. The molecule has 1 N–H and O–H groups in total. The van der Waals surface area contributed by atoms with Gasteiger partial charge in [-0.2, -0.15) is 5.26 Å². The molecule has 3 rings (SSSR count). The molecule has 6 nitrogen and oxygen atoms in total. The summed E-state index contributed by atoms with van der Waals surface area (Å²) in [7, 11) is 0. The molecule has 1 saturated carbocycles. The Labute approximate surface area is 148 Å². The molecule has 124 valence electrons. The number of hydrogen-bond donors (Lipinski definition) is 1. The normalized spacial score (nSPS) is 15.9. The number of carbonyl (C=O) groups excluding carboxylic acids is 1. The van der Waals surface area contributed by atoms with Crippen molar-refractivity contribution in [3.05, 3.63) is 29.0 Å². The molecule has 1 fully saturated rings. The Hall–Kier alpha value is -2.11. The molecule has 0 radical (unpaired) electrons. The van der Waals surface area contributed by atoms with Crippen LogP contribution >= 0.6 is 23.1 Å². The summed E-state index contributed by atoms with van der Waals surface area (Å²) >= 11 is 2.93. The zero-order chi connectivity index (χ0) is 16.8. The van der Waals surface area contributed by atoms with Crippen LogP contribution in [0.1, 0.15) is 37.9 Å². The van der Waals surface area contributed by atoms with Gasteiger partial charge < -0.3 is 4.42 Å². The van der Waals surface area contributed by atoms with Crippen LogP contribution in [0.15, 0.2) is 32.7 Å². The van der Waals surface area contributed by atoms with Gasteiger partial charge in [-0.05, 0) is 25.0 Å². The molecule has 1 amide bonds. The summed E-state index contributed by atoms with van der Waals surface area (Å²) in [6.45, 7) is 0. The molecule has 0 atom stereocenters. The van der Waals surface area contributed by atoms with E-state index in [0.29, 0.717) is 16.1 Å². The first kappa shape index (κ1) is 16.7. The standard InChI is InChI=1S/C16H16N4O2S2/c17-9-11(15(21)19-16-20-18-10-23-16)8-12-6-7-14(22-12)24-13-4-2-1-3-5-13/h6-8,10,13H,1-5H2,(H,19,20,21)/b11-8-. The van der Waals surface area contributed by atoms with Crippen LogP contribution in [0.3, 0.4) is 0 Å². The topological polar surface area (TPSA) is 91.8 Å². The second-order valence-electron chi connectivity index (χ2n) is 5.40. The van der Waals surface area contributed by atoms with Crippen LogP contribution in [0.4, 0.5) is 5.13 Å². The second-order valence-corrected chi connectivity index (χ2v) is 7.54. The molecule has 0 unspecified atom stereocenters. The minimum atomic E-state index is -0.521. The molecule has 0 saturated heterocycles. The van der Waals surface area contributed by atoms with E-state index in [0.717, 1.165) is 5.09 Å². The summed E-state index contributed by atoms with van der Waals surface area (Å²) in [5.41, 5.74) is 1.47. The second kappa shape index (κ2) is 8.13. The predicted molar refractivity (Wildman–Crippen MR) is 93.6 cm³/mol. The molecule has 24 heavy (non-hydrogen) atoms. The van der Waals surface area contributed by atoms with Gasteiger partial charge in [-0.15, -0.1) is 10.2 Å². The summed E-state index contributed by atoms with van der Waals surface area (Å²) in [5.74, 6) is -0.0237. The van der Waals surface area contributed by atoms with Gasteiger partial charge in [-0.3, -0.25) is 10.1 Å². The van der Waals surface area contributed by atoms with Crippen LogP contribution in [0.25, 0.3) is 6.08 Å². The number of nitrogens with one attached hydrogen (secondary N) is 1. The largest absolute Gasteiger partial charge is 0.450 e. The van der Waals surface area contributed by atoms with Gasteiger partial charge in [0.15, 0.2) is 5.09 Å². The number of nitrogens with zero attached hydrogens (tertiary/aromatic N) is 3. The van der Waals surface area contributed by atoms with Crippen molar-refractivity contribution in [1.29, 1.82) is 5.26 Å². The Morgan fingerprint density at radius 1 is 1.42 bits per heavy atom. The van der Waals surface area contributed by atoms with Gasteiger partial charge in [-0.25, -0.2) is 0 Å². The van der Waals surface area contributed by atoms with Crippen LogP contribution in [-0.2, 0) is 4.79 Å². The number of nitriles is 1. The highest BCUT2D eigenvalue weighted by molar-refractivity contribution is 7.99. The first-order valence-corrected chi connectivity index (χ1v) is 9.46. The number of amides is 1. The van der Waals surface area contributed by atoms with Gasteiger partial charge in [-0.1, -0.05) is 42.4 Å². The molecular formula is C16H16N4O2S2. The number of rotatable bonds is 5. The van der Waals surface area contributed by atoms with Crippen LogP contribution in [0.5, 0.6) is 0 Å². The minimum absolute atomic E-state index is 0.0335. The van der Waals surface area contributed by atoms with E-state index >= 15 is 0 Å². The lowest BCUT2D eigenvalue weighted by molar-refractivity contribution is -0.112. The molecular weight excluding hydrogens is 344 g/mol. The van der Waals surface area contributed by atoms with E-state index < -0.39 is 5.91 Å². The van der Waals surface area contributed by atoms with Crippen molar-refractivity contribution in [1.82, 2.24) is 10.2 Å². The van der Waals surface area contributed by atoms with E-state index in [9.17, 15) is 10.1 Å². The fourth-order valence-corrected chi connectivity index (χ4v) is 4.13. The van der Waals surface area contributed by atoms with Crippen LogP contribution < -0.4 is 5.32 Å². The molecule has 1 aliphatic rings. The smallest absolute Gasteiger partial charge is 0.268 e. The van der Waals surface area contributed by atoms with Gasteiger partial charge >= 0.3 is 0 Å². The number of aromatic nitrogens is 2. The van der Waals surface area contributed by atoms with Crippen molar-refractivity contribution in [2.45, 2.75) is 42.4 Å². The number of thioether (sulfide) groups is 1. The molecule has 2 aromatic rings. The van der Waals surface area contributed by atoms with Crippen LogP contribution in [0.2, 0.25) is 0 Å².